The van der Waals surface area contributed by atoms with E-state index in [-0.39, 0.29) is 0 Å². The average molecular weight is 291 g/mol. The smallest absolute Gasteiger partial charge is 0.0472 e. The lowest BCUT2D eigenvalue weighted by Crippen LogP contribution is -2.44. The normalized spacial score (nSPS) is 21.6. The molecule has 0 bridgehead atoms. The molecule has 0 aliphatic carbocycles. The number of benzene rings is 1. The number of hydrogen-bond acceptors (Lipinski definition) is 3. The molecule has 2 aliphatic heterocycles. The predicted octanol–water partition coefficient (Wildman–Crippen LogP) is 3.47. The second-order valence-corrected chi connectivity index (χ2v) is 6.74. The second-order valence-electron chi connectivity index (χ2n) is 6.43. The van der Waals surface area contributed by atoms with E-state index >= 15 is 0 Å². The number of hydrogen-bond donors (Lipinski definition) is 1. The van der Waals surface area contributed by atoms with E-state index < -0.39 is 0 Å². The molecule has 2 heterocycles. The Kier molecular flexibility index (Phi) is 4.27. The third-order valence-corrected chi connectivity index (χ3v) is 5.54. The molecule has 1 aromatic rings. The van der Waals surface area contributed by atoms with Crippen LogP contribution in [0, 0.1) is 12.3 Å². The molecule has 0 unspecified atom stereocenters. The number of anilines is 1. The van der Waals surface area contributed by atoms with Crippen LogP contribution in [0.4, 0.5) is 5.69 Å². The quantitative estimate of drug-likeness (QED) is 0.856. The molecule has 0 spiro atoms. The van der Waals surface area contributed by atoms with Gasteiger partial charge in [0.25, 0.3) is 0 Å². The maximum atomic E-state index is 5.55. The Morgan fingerprint density at radius 2 is 2.10 bits per heavy atom. The van der Waals surface area contributed by atoms with Crippen molar-refractivity contribution in [3.8, 4) is 0 Å². The topological polar surface area (TPSA) is 12.5 Å². The molecule has 3 heteroatoms. The largest absolute Gasteiger partial charge is 0.381 e. The summed E-state index contributed by atoms with van der Waals surface area (Å²) in [6.45, 7) is 6.31. The summed E-state index contributed by atoms with van der Waals surface area (Å²) in [5.74, 6) is 0.966. The van der Waals surface area contributed by atoms with Gasteiger partial charge in [0.05, 0.1) is 0 Å². The molecule has 110 valence electrons. The summed E-state index contributed by atoms with van der Waals surface area (Å²) in [6, 6.07) is 6.92. The zero-order valence-electron chi connectivity index (χ0n) is 12.4. The van der Waals surface area contributed by atoms with Crippen LogP contribution in [0.1, 0.15) is 30.4 Å². The zero-order chi connectivity index (χ0) is 14.0. The molecule has 0 radical (unpaired) electrons. The second kappa shape index (κ2) is 5.98. The van der Waals surface area contributed by atoms with Gasteiger partial charge in [-0.05, 0) is 50.0 Å². The van der Waals surface area contributed by atoms with Gasteiger partial charge in [0.2, 0.25) is 0 Å². The molecular weight excluding hydrogens is 266 g/mol. The number of rotatable bonds is 3. The number of ether oxygens (including phenoxy) is 1. The number of thiol groups is 1. The van der Waals surface area contributed by atoms with Gasteiger partial charge < -0.3 is 9.64 Å². The van der Waals surface area contributed by atoms with Crippen LogP contribution in [-0.4, -0.2) is 32.1 Å². The molecule has 0 amide bonds. The zero-order valence-corrected chi connectivity index (χ0v) is 13.3. The maximum Gasteiger partial charge on any atom is 0.0472 e. The Labute approximate surface area is 127 Å². The molecule has 2 aliphatic rings. The van der Waals surface area contributed by atoms with Crippen molar-refractivity contribution < 1.29 is 4.74 Å². The standard InChI is InChI=1S/C17H25NOS/c1-14-4-5-16-15(11-14)3-2-8-18(16)12-17(13-20)6-9-19-10-7-17/h4-5,11,20H,2-3,6-10,12-13H2,1H3. The Balaban J connectivity index is 1.81. The fraction of sp³-hybridized carbons (Fsp3) is 0.647. The summed E-state index contributed by atoms with van der Waals surface area (Å²) < 4.78 is 5.55. The van der Waals surface area contributed by atoms with E-state index in [1.165, 1.54) is 36.2 Å². The highest BCUT2D eigenvalue weighted by atomic mass is 32.1. The fourth-order valence-electron chi connectivity index (χ4n) is 3.54. The van der Waals surface area contributed by atoms with Crippen molar-refractivity contribution in [2.24, 2.45) is 5.41 Å². The lowest BCUT2D eigenvalue weighted by atomic mass is 9.81. The monoisotopic (exact) mass is 291 g/mol. The van der Waals surface area contributed by atoms with Crippen LogP contribution in [0.2, 0.25) is 0 Å². The highest BCUT2D eigenvalue weighted by Crippen LogP contribution is 2.36. The minimum Gasteiger partial charge on any atom is -0.381 e. The first-order valence-electron chi connectivity index (χ1n) is 7.76. The number of aryl methyl sites for hydroxylation is 2. The maximum absolute atomic E-state index is 5.55. The fourth-order valence-corrected chi connectivity index (χ4v) is 3.96. The van der Waals surface area contributed by atoms with Crippen molar-refractivity contribution in [3.63, 3.8) is 0 Å². The number of fused-ring (bicyclic) bond motifs is 1. The molecule has 20 heavy (non-hydrogen) atoms. The van der Waals surface area contributed by atoms with Crippen molar-refractivity contribution in [2.75, 3.05) is 37.0 Å². The van der Waals surface area contributed by atoms with E-state index in [9.17, 15) is 0 Å². The summed E-state index contributed by atoms with van der Waals surface area (Å²) in [5.41, 5.74) is 4.69. The third-order valence-electron chi connectivity index (χ3n) is 4.86. The van der Waals surface area contributed by atoms with E-state index in [0.29, 0.717) is 5.41 Å². The average Bonchev–Trinajstić information content (AvgIpc) is 2.48. The van der Waals surface area contributed by atoms with E-state index in [1.807, 2.05) is 0 Å². The van der Waals surface area contributed by atoms with Crippen LogP contribution in [0.25, 0.3) is 0 Å². The molecule has 1 saturated heterocycles. The van der Waals surface area contributed by atoms with Gasteiger partial charge >= 0.3 is 0 Å². The van der Waals surface area contributed by atoms with Crippen molar-refractivity contribution in [2.45, 2.75) is 32.6 Å². The Bertz CT molecular complexity index is 468. The van der Waals surface area contributed by atoms with Crippen LogP contribution in [0.5, 0.6) is 0 Å². The van der Waals surface area contributed by atoms with Gasteiger partial charge in [0.15, 0.2) is 0 Å². The van der Waals surface area contributed by atoms with E-state index in [2.05, 4.69) is 42.7 Å². The van der Waals surface area contributed by atoms with Gasteiger partial charge in [0.1, 0.15) is 0 Å². The van der Waals surface area contributed by atoms with Gasteiger partial charge in [-0.1, -0.05) is 17.7 Å². The molecular formula is C17H25NOS. The molecule has 0 aromatic heterocycles. The van der Waals surface area contributed by atoms with Gasteiger partial charge in [-0.3, -0.25) is 0 Å². The van der Waals surface area contributed by atoms with Crippen molar-refractivity contribution in [1.82, 2.24) is 0 Å². The summed E-state index contributed by atoms with van der Waals surface area (Å²) in [5, 5.41) is 0. The highest BCUT2D eigenvalue weighted by Gasteiger charge is 2.34. The van der Waals surface area contributed by atoms with E-state index in [1.54, 1.807) is 0 Å². The van der Waals surface area contributed by atoms with Gasteiger partial charge in [-0.25, -0.2) is 0 Å². The van der Waals surface area contributed by atoms with E-state index in [4.69, 9.17) is 4.74 Å². The Hall–Kier alpha value is -0.670. The minimum atomic E-state index is 0.334. The lowest BCUT2D eigenvalue weighted by molar-refractivity contribution is 0.0295. The van der Waals surface area contributed by atoms with Crippen LogP contribution in [0.15, 0.2) is 18.2 Å². The predicted molar refractivity (Wildman–Crippen MR) is 88.1 cm³/mol. The highest BCUT2D eigenvalue weighted by molar-refractivity contribution is 7.80. The van der Waals surface area contributed by atoms with Crippen LogP contribution in [0.3, 0.4) is 0 Å². The lowest BCUT2D eigenvalue weighted by Gasteiger charge is -2.43. The van der Waals surface area contributed by atoms with Crippen LogP contribution in [-0.2, 0) is 11.2 Å². The minimum absolute atomic E-state index is 0.334. The number of nitrogens with zero attached hydrogens (tertiary/aromatic N) is 1. The van der Waals surface area contributed by atoms with Crippen molar-refractivity contribution >= 4 is 18.3 Å². The first-order valence-corrected chi connectivity index (χ1v) is 8.39. The summed E-state index contributed by atoms with van der Waals surface area (Å²) in [4.78, 5) is 2.60. The molecule has 3 rings (SSSR count). The molecule has 2 nitrogen and oxygen atoms in total. The third kappa shape index (κ3) is 2.84. The van der Waals surface area contributed by atoms with Gasteiger partial charge in [-0.2, -0.15) is 12.6 Å². The first kappa shape index (κ1) is 14.3. The van der Waals surface area contributed by atoms with Crippen LogP contribution < -0.4 is 4.90 Å². The van der Waals surface area contributed by atoms with Gasteiger partial charge in [-0.15, -0.1) is 0 Å². The summed E-state index contributed by atoms with van der Waals surface area (Å²) in [7, 11) is 0. The molecule has 0 N–H and O–H groups in total. The Morgan fingerprint density at radius 1 is 1.30 bits per heavy atom. The Morgan fingerprint density at radius 3 is 2.85 bits per heavy atom. The molecule has 1 aromatic carbocycles. The van der Waals surface area contributed by atoms with E-state index in [0.717, 1.165) is 38.4 Å². The summed E-state index contributed by atoms with van der Waals surface area (Å²) in [6.07, 6.45) is 4.79. The molecule has 0 saturated carbocycles. The SMILES string of the molecule is Cc1ccc2c(c1)CCCN2CC1(CS)CCOCC1. The van der Waals surface area contributed by atoms with Crippen LogP contribution >= 0.6 is 12.6 Å². The van der Waals surface area contributed by atoms with Crippen molar-refractivity contribution in [3.05, 3.63) is 29.3 Å². The first-order chi connectivity index (χ1) is 9.72. The van der Waals surface area contributed by atoms with Gasteiger partial charge in [0, 0.05) is 37.4 Å². The van der Waals surface area contributed by atoms with Crippen molar-refractivity contribution in [1.29, 1.82) is 0 Å². The molecule has 1 fully saturated rings. The summed E-state index contributed by atoms with van der Waals surface area (Å²) >= 11 is 4.65. The molecule has 0 atom stereocenters.